The second-order valence-corrected chi connectivity index (χ2v) is 11.9. The van der Waals surface area contributed by atoms with E-state index in [2.05, 4.69) is 15.5 Å². The highest BCUT2D eigenvalue weighted by Crippen LogP contribution is 2.55. The summed E-state index contributed by atoms with van der Waals surface area (Å²) in [6.45, 7) is 3.19. The van der Waals surface area contributed by atoms with E-state index in [-0.39, 0.29) is 23.8 Å². The van der Waals surface area contributed by atoms with Gasteiger partial charge in [0.25, 0.3) is 0 Å². The molecule has 4 fully saturated rings. The maximum atomic E-state index is 14.1. The molecule has 2 bridgehead atoms. The van der Waals surface area contributed by atoms with E-state index in [1.807, 2.05) is 12.2 Å². The minimum absolute atomic E-state index is 0.121. The van der Waals surface area contributed by atoms with Gasteiger partial charge in [-0.3, -0.25) is 14.4 Å². The number of likely N-dealkylation sites (tertiary alicyclic amines) is 2. The number of carbonyl (C=O) groups is 3. The van der Waals surface area contributed by atoms with Crippen molar-refractivity contribution in [2.75, 3.05) is 31.5 Å². The molecule has 3 saturated heterocycles. The van der Waals surface area contributed by atoms with Gasteiger partial charge in [-0.25, -0.2) is 0 Å². The van der Waals surface area contributed by atoms with Crippen molar-refractivity contribution >= 4 is 35.0 Å². The van der Waals surface area contributed by atoms with Crippen molar-refractivity contribution in [2.45, 2.75) is 75.2 Å². The van der Waals surface area contributed by atoms with Gasteiger partial charge in [0.15, 0.2) is 0 Å². The molecule has 38 heavy (non-hydrogen) atoms. The van der Waals surface area contributed by atoms with Gasteiger partial charge in [0, 0.05) is 29.8 Å². The lowest BCUT2D eigenvalue weighted by Crippen LogP contribution is -2.57. The van der Waals surface area contributed by atoms with E-state index < -0.39 is 29.6 Å². The number of anilines is 1. The molecule has 1 saturated carbocycles. The number of hydrogen-bond donors (Lipinski definition) is 2. The lowest BCUT2D eigenvalue weighted by molar-refractivity contribution is -0.141. The standard InChI is InChI=1S/C29H37ClN4O4/c30-19-8-7-11-21(18-19)32-26(35)23-22-12-13-29(38-22)24(23)28(37)34(17-16-33-14-5-2-6-15-33)25(29)27(36)31-20-9-3-1-4-10-20/h7-8,11-13,18,20,22-25H,1-6,9-10,14-17H2,(H,31,36)(H,32,35)/t22-,23+,24-,25+,29-/m0/s1. The summed E-state index contributed by atoms with van der Waals surface area (Å²) in [5.41, 5.74) is -0.555. The number of nitrogens with zero attached hydrogens (tertiary/aromatic N) is 2. The van der Waals surface area contributed by atoms with Crippen LogP contribution in [-0.4, -0.2) is 77.5 Å². The Balaban J connectivity index is 1.27. The van der Waals surface area contributed by atoms with Gasteiger partial charge in [0.05, 0.1) is 17.9 Å². The first kappa shape index (κ1) is 25.8. The van der Waals surface area contributed by atoms with Crippen LogP contribution < -0.4 is 10.6 Å². The van der Waals surface area contributed by atoms with Crippen LogP contribution in [0.5, 0.6) is 0 Å². The largest absolute Gasteiger partial charge is 0.359 e. The number of amides is 3. The predicted octanol–water partition coefficient (Wildman–Crippen LogP) is 3.36. The molecule has 9 heteroatoms. The van der Waals surface area contributed by atoms with Crippen molar-refractivity contribution in [1.82, 2.24) is 15.1 Å². The predicted molar refractivity (Wildman–Crippen MR) is 145 cm³/mol. The smallest absolute Gasteiger partial charge is 0.246 e. The van der Waals surface area contributed by atoms with Crippen molar-refractivity contribution in [1.29, 1.82) is 0 Å². The number of benzene rings is 1. The van der Waals surface area contributed by atoms with Crippen LogP contribution in [0.4, 0.5) is 5.69 Å². The number of piperidine rings is 1. The van der Waals surface area contributed by atoms with Crippen molar-refractivity contribution in [3.8, 4) is 0 Å². The highest BCUT2D eigenvalue weighted by Gasteiger charge is 2.72. The average Bonchev–Trinajstić information content (AvgIpc) is 3.56. The topological polar surface area (TPSA) is 91.0 Å². The molecule has 8 nitrogen and oxygen atoms in total. The van der Waals surface area contributed by atoms with E-state index in [1.165, 1.54) is 12.8 Å². The van der Waals surface area contributed by atoms with Gasteiger partial charge in [-0.05, 0) is 57.0 Å². The van der Waals surface area contributed by atoms with E-state index >= 15 is 0 Å². The zero-order valence-corrected chi connectivity index (χ0v) is 22.5. The van der Waals surface area contributed by atoms with Crippen LogP contribution in [0.25, 0.3) is 0 Å². The minimum Gasteiger partial charge on any atom is -0.359 e. The van der Waals surface area contributed by atoms with Gasteiger partial charge in [0.1, 0.15) is 11.6 Å². The number of nitrogens with one attached hydrogen (secondary N) is 2. The molecule has 1 spiro atoms. The summed E-state index contributed by atoms with van der Waals surface area (Å²) in [7, 11) is 0. The molecule has 5 aliphatic rings. The summed E-state index contributed by atoms with van der Waals surface area (Å²) in [6.07, 6.45) is 12.1. The summed E-state index contributed by atoms with van der Waals surface area (Å²) in [5.74, 6) is -2.06. The number of rotatable bonds is 7. The summed E-state index contributed by atoms with van der Waals surface area (Å²) >= 11 is 6.12. The highest BCUT2D eigenvalue weighted by molar-refractivity contribution is 6.30. The van der Waals surface area contributed by atoms with Crippen LogP contribution in [0, 0.1) is 11.8 Å². The Kier molecular flexibility index (Phi) is 7.22. The van der Waals surface area contributed by atoms with Gasteiger partial charge in [-0.2, -0.15) is 0 Å². The zero-order valence-electron chi connectivity index (χ0n) is 21.7. The summed E-state index contributed by atoms with van der Waals surface area (Å²) in [6, 6.07) is 6.30. The third kappa shape index (κ3) is 4.65. The lowest BCUT2D eigenvalue weighted by atomic mass is 9.74. The third-order valence-corrected chi connectivity index (χ3v) is 9.31. The highest BCUT2D eigenvalue weighted by atomic mass is 35.5. The van der Waals surface area contributed by atoms with Crippen LogP contribution in [0.15, 0.2) is 36.4 Å². The van der Waals surface area contributed by atoms with E-state index in [4.69, 9.17) is 16.3 Å². The Morgan fingerprint density at radius 3 is 2.55 bits per heavy atom. The molecule has 1 aromatic carbocycles. The summed E-state index contributed by atoms with van der Waals surface area (Å²) in [4.78, 5) is 45.6. The molecule has 0 radical (unpaired) electrons. The van der Waals surface area contributed by atoms with Crippen molar-refractivity contribution < 1.29 is 19.1 Å². The summed E-state index contributed by atoms with van der Waals surface area (Å²) in [5, 5.41) is 6.70. The second-order valence-electron chi connectivity index (χ2n) is 11.5. The molecule has 6 rings (SSSR count). The molecule has 4 heterocycles. The van der Waals surface area contributed by atoms with Gasteiger partial charge in [0.2, 0.25) is 17.7 Å². The van der Waals surface area contributed by atoms with Crippen LogP contribution in [0.3, 0.4) is 0 Å². The maximum absolute atomic E-state index is 14.1. The fraction of sp³-hybridized carbons (Fsp3) is 0.621. The summed E-state index contributed by atoms with van der Waals surface area (Å²) < 4.78 is 6.46. The number of fused-ring (bicyclic) bond motifs is 1. The Bertz CT molecular complexity index is 1120. The first-order chi connectivity index (χ1) is 18.5. The van der Waals surface area contributed by atoms with Gasteiger partial charge >= 0.3 is 0 Å². The molecule has 3 amide bonds. The van der Waals surface area contributed by atoms with Crippen LogP contribution in [0.1, 0.15) is 51.4 Å². The molecular weight excluding hydrogens is 504 g/mol. The molecule has 2 N–H and O–H groups in total. The molecule has 0 unspecified atom stereocenters. The Morgan fingerprint density at radius 1 is 1.03 bits per heavy atom. The molecule has 1 aliphatic carbocycles. The fourth-order valence-electron chi connectivity index (χ4n) is 7.26. The van der Waals surface area contributed by atoms with Crippen LogP contribution >= 0.6 is 11.6 Å². The molecule has 204 valence electrons. The minimum atomic E-state index is -1.13. The maximum Gasteiger partial charge on any atom is 0.246 e. The van der Waals surface area contributed by atoms with E-state index in [0.29, 0.717) is 23.8 Å². The Morgan fingerprint density at radius 2 is 1.79 bits per heavy atom. The van der Waals surface area contributed by atoms with Gasteiger partial charge in [-0.1, -0.05) is 55.5 Å². The monoisotopic (exact) mass is 540 g/mol. The van der Waals surface area contributed by atoms with Crippen LogP contribution in [0.2, 0.25) is 5.02 Å². The van der Waals surface area contributed by atoms with E-state index in [9.17, 15) is 14.4 Å². The Labute approximate surface area is 229 Å². The average molecular weight is 541 g/mol. The number of hydrogen-bond acceptors (Lipinski definition) is 5. The second kappa shape index (κ2) is 10.6. The first-order valence-electron chi connectivity index (χ1n) is 14.2. The van der Waals surface area contributed by atoms with Crippen molar-refractivity contribution in [3.05, 3.63) is 41.4 Å². The quantitative estimate of drug-likeness (QED) is 0.518. The number of carbonyl (C=O) groups excluding carboxylic acids is 3. The zero-order chi connectivity index (χ0) is 26.3. The Hall–Kier alpha value is -2.42. The molecule has 0 aromatic heterocycles. The fourth-order valence-corrected chi connectivity index (χ4v) is 7.45. The molecular formula is C29H37ClN4O4. The third-order valence-electron chi connectivity index (χ3n) is 9.07. The van der Waals surface area contributed by atoms with E-state index in [0.717, 1.165) is 51.6 Å². The number of ether oxygens (including phenoxy) is 1. The molecule has 4 aliphatic heterocycles. The lowest BCUT2D eigenvalue weighted by Gasteiger charge is -2.35. The first-order valence-corrected chi connectivity index (χ1v) is 14.6. The molecule has 5 atom stereocenters. The molecule has 1 aromatic rings. The van der Waals surface area contributed by atoms with Gasteiger partial charge < -0.3 is 25.2 Å². The van der Waals surface area contributed by atoms with E-state index in [1.54, 1.807) is 29.2 Å². The SMILES string of the molecule is O=C(Nc1cccc(Cl)c1)[C@@H]1[C@@H]2C=C[C@]3(O2)[C@@H]1C(=O)N(CCN1CCCCC1)[C@@H]3C(=O)NC1CCCCC1. The van der Waals surface area contributed by atoms with Gasteiger partial charge in [-0.15, -0.1) is 0 Å². The van der Waals surface area contributed by atoms with Crippen molar-refractivity contribution in [3.63, 3.8) is 0 Å². The van der Waals surface area contributed by atoms with Crippen LogP contribution in [-0.2, 0) is 19.1 Å². The normalized spacial score (nSPS) is 33.0. The number of halogens is 1. The van der Waals surface area contributed by atoms with Crippen molar-refractivity contribution in [2.24, 2.45) is 11.8 Å².